The summed E-state index contributed by atoms with van der Waals surface area (Å²) in [5, 5.41) is 2.93. The zero-order chi connectivity index (χ0) is 16.6. The number of rotatable bonds is 3. The van der Waals surface area contributed by atoms with Crippen LogP contribution in [-0.4, -0.2) is 23.6 Å². The zero-order valence-corrected chi connectivity index (χ0v) is 14.0. The van der Waals surface area contributed by atoms with Crippen LogP contribution in [0.25, 0.3) is 0 Å². The normalized spacial score (nSPS) is 16.5. The van der Waals surface area contributed by atoms with E-state index in [1.807, 2.05) is 12.1 Å². The number of nitrogens with zero attached hydrogens (tertiary/aromatic N) is 1. The summed E-state index contributed by atoms with van der Waals surface area (Å²) in [6.45, 7) is 0. The Kier molecular flexibility index (Phi) is 4.19. The molecule has 1 atom stereocenters. The van der Waals surface area contributed by atoms with Gasteiger partial charge in [0.2, 0.25) is 6.41 Å². The Morgan fingerprint density at radius 1 is 1.13 bits per heavy atom. The highest BCUT2D eigenvalue weighted by Crippen LogP contribution is 2.42. The number of halogens is 2. The van der Waals surface area contributed by atoms with Gasteiger partial charge in [-0.1, -0.05) is 39.7 Å². The fourth-order valence-corrected chi connectivity index (χ4v) is 3.15. The summed E-state index contributed by atoms with van der Waals surface area (Å²) in [6.07, 6.45) is 1.10. The topological polar surface area (TPSA) is 66.5 Å². The lowest BCUT2D eigenvalue weighted by Crippen LogP contribution is -2.42. The third kappa shape index (κ3) is 2.64. The van der Waals surface area contributed by atoms with Crippen molar-refractivity contribution in [3.8, 4) is 0 Å². The average molecular weight is 394 g/mol. The molecule has 1 heterocycles. The molecule has 5 nitrogen and oxygen atoms in total. The lowest BCUT2D eigenvalue weighted by atomic mass is 9.92. The molecule has 2 aromatic carbocycles. The molecule has 1 aliphatic heterocycles. The summed E-state index contributed by atoms with van der Waals surface area (Å²) >= 11 is 9.65. The lowest BCUT2D eigenvalue weighted by molar-refractivity contribution is -0.116. The highest BCUT2D eigenvalue weighted by molar-refractivity contribution is 9.10. The van der Waals surface area contributed by atoms with E-state index < -0.39 is 12.1 Å². The number of hydrogen-bond donors (Lipinski definition) is 1. The molecule has 0 aromatic heterocycles. The van der Waals surface area contributed by atoms with Crippen molar-refractivity contribution in [3.63, 3.8) is 0 Å². The van der Waals surface area contributed by atoms with Crippen LogP contribution in [0.5, 0.6) is 0 Å². The van der Waals surface area contributed by atoms with Gasteiger partial charge in [-0.25, -0.2) is 4.79 Å². The Morgan fingerprint density at radius 2 is 1.83 bits per heavy atom. The van der Waals surface area contributed by atoms with Crippen molar-refractivity contribution in [1.29, 1.82) is 0 Å². The molecule has 2 aromatic rings. The molecule has 3 rings (SSSR count). The van der Waals surface area contributed by atoms with Crippen LogP contribution in [0, 0.1) is 0 Å². The molecule has 3 amide bonds. The molecule has 0 saturated carbocycles. The summed E-state index contributed by atoms with van der Waals surface area (Å²) in [4.78, 5) is 35.9. The van der Waals surface area contributed by atoms with Crippen LogP contribution in [0.1, 0.15) is 27.5 Å². The van der Waals surface area contributed by atoms with Crippen molar-refractivity contribution >= 4 is 51.9 Å². The van der Waals surface area contributed by atoms with Gasteiger partial charge in [0.1, 0.15) is 0 Å². The van der Waals surface area contributed by atoms with Crippen molar-refractivity contribution in [1.82, 2.24) is 4.90 Å². The maximum atomic E-state index is 12.2. The largest absolute Gasteiger partial charge is 0.329 e. The number of anilines is 1. The van der Waals surface area contributed by atoms with Gasteiger partial charge >= 0.3 is 6.03 Å². The second-order valence-electron chi connectivity index (χ2n) is 4.94. The molecule has 0 spiro atoms. The summed E-state index contributed by atoms with van der Waals surface area (Å²) < 4.78 is 0.868. The fraction of sp³-hybridized carbons (Fsp3) is 0.0625. The van der Waals surface area contributed by atoms with Gasteiger partial charge in [-0.15, -0.1) is 0 Å². The number of carbonyl (C=O) groups is 3. The average Bonchev–Trinajstić information content (AvgIpc) is 2.55. The van der Waals surface area contributed by atoms with Crippen LogP contribution in [0.15, 0.2) is 40.9 Å². The summed E-state index contributed by atoms with van der Waals surface area (Å²) in [5.74, 6) is 0. The van der Waals surface area contributed by atoms with Crippen LogP contribution >= 0.6 is 27.5 Å². The zero-order valence-electron chi connectivity index (χ0n) is 11.6. The molecule has 0 fully saturated rings. The number of aldehydes is 1. The molecule has 0 bridgehead atoms. The number of hydrogen-bond acceptors (Lipinski definition) is 3. The number of urea groups is 1. The second kappa shape index (κ2) is 6.14. The van der Waals surface area contributed by atoms with Crippen molar-refractivity contribution < 1.29 is 14.4 Å². The Bertz CT molecular complexity index is 808. The van der Waals surface area contributed by atoms with E-state index in [0.717, 1.165) is 9.37 Å². The van der Waals surface area contributed by atoms with Crippen LogP contribution in [0.3, 0.4) is 0 Å². The summed E-state index contributed by atoms with van der Waals surface area (Å²) in [5.41, 5.74) is 1.88. The minimum atomic E-state index is -0.697. The number of fused-ring (bicyclic) bond motifs is 1. The van der Waals surface area contributed by atoms with Crippen LogP contribution < -0.4 is 5.32 Å². The predicted octanol–water partition coefficient (Wildman–Crippen LogP) is 4.01. The van der Waals surface area contributed by atoms with Gasteiger partial charge in [0, 0.05) is 20.6 Å². The molecular weight excluding hydrogens is 384 g/mol. The van der Waals surface area contributed by atoms with Crippen molar-refractivity contribution in [2.45, 2.75) is 6.04 Å². The van der Waals surface area contributed by atoms with E-state index in [-0.39, 0.29) is 0 Å². The van der Waals surface area contributed by atoms with E-state index in [9.17, 15) is 14.4 Å². The summed E-state index contributed by atoms with van der Waals surface area (Å²) in [6, 6.07) is 9.00. The molecular formula is C16H10BrClN2O3. The third-order valence-electron chi connectivity index (χ3n) is 3.67. The first-order valence-electron chi connectivity index (χ1n) is 6.64. The van der Waals surface area contributed by atoms with E-state index in [4.69, 9.17) is 11.6 Å². The number of nitrogens with one attached hydrogen (secondary N) is 1. The minimum Gasteiger partial charge on any atom is -0.306 e. The molecule has 7 heteroatoms. The maximum Gasteiger partial charge on any atom is 0.329 e. The molecule has 23 heavy (non-hydrogen) atoms. The first kappa shape index (κ1) is 15.7. The smallest absolute Gasteiger partial charge is 0.306 e. The second-order valence-corrected chi connectivity index (χ2v) is 6.26. The summed E-state index contributed by atoms with van der Waals surface area (Å²) in [7, 11) is 0. The van der Waals surface area contributed by atoms with E-state index in [1.54, 1.807) is 18.2 Å². The highest BCUT2D eigenvalue weighted by Gasteiger charge is 2.36. The van der Waals surface area contributed by atoms with Gasteiger partial charge in [-0.05, 0) is 29.8 Å². The van der Waals surface area contributed by atoms with Gasteiger partial charge < -0.3 is 5.32 Å². The van der Waals surface area contributed by atoms with Crippen LogP contribution in [-0.2, 0) is 4.79 Å². The van der Waals surface area contributed by atoms with Crippen LogP contribution in [0.2, 0.25) is 5.02 Å². The van der Waals surface area contributed by atoms with Gasteiger partial charge in [0.25, 0.3) is 0 Å². The number of carbonyl (C=O) groups excluding carboxylic acids is 3. The van der Waals surface area contributed by atoms with E-state index in [0.29, 0.717) is 40.1 Å². The number of imide groups is 1. The van der Waals surface area contributed by atoms with Crippen molar-refractivity contribution in [2.75, 3.05) is 5.32 Å². The Morgan fingerprint density at radius 3 is 2.43 bits per heavy atom. The minimum absolute atomic E-state index is 0.311. The molecule has 0 aliphatic carbocycles. The van der Waals surface area contributed by atoms with Crippen molar-refractivity contribution in [2.24, 2.45) is 0 Å². The monoisotopic (exact) mass is 392 g/mol. The first-order valence-corrected chi connectivity index (χ1v) is 7.81. The van der Waals surface area contributed by atoms with Gasteiger partial charge in [0.05, 0.1) is 11.7 Å². The molecule has 1 unspecified atom stereocenters. The van der Waals surface area contributed by atoms with E-state index >= 15 is 0 Å². The number of benzene rings is 2. The first-order chi connectivity index (χ1) is 11.1. The predicted molar refractivity (Wildman–Crippen MR) is 89.7 cm³/mol. The highest BCUT2D eigenvalue weighted by atomic mass is 79.9. The Hall–Kier alpha value is -2.18. The third-order valence-corrected chi connectivity index (χ3v) is 4.53. The van der Waals surface area contributed by atoms with Crippen molar-refractivity contribution in [3.05, 3.63) is 62.6 Å². The maximum absolute atomic E-state index is 12.2. The Balaban J connectivity index is 2.28. The molecule has 116 valence electrons. The van der Waals surface area contributed by atoms with Gasteiger partial charge in [0.15, 0.2) is 6.29 Å². The van der Waals surface area contributed by atoms with E-state index in [2.05, 4.69) is 21.2 Å². The molecule has 0 radical (unpaired) electrons. The lowest BCUT2D eigenvalue weighted by Gasteiger charge is -2.35. The van der Waals surface area contributed by atoms with Crippen LogP contribution in [0.4, 0.5) is 10.5 Å². The standard InChI is InChI=1S/C16H10BrClN2O3/c17-11-4-1-9(2-5-11)15-13-12(18)6-3-10(7-21)14(13)19-16(23)20(15)8-22/h1-8,15H,(H,19,23). The Labute approximate surface area is 145 Å². The number of amides is 3. The molecule has 0 saturated heterocycles. The SMILES string of the molecule is O=Cc1ccc(Cl)c2c1NC(=O)N(C=O)C2c1ccc(Br)cc1. The fourth-order valence-electron chi connectivity index (χ4n) is 2.62. The van der Waals surface area contributed by atoms with Gasteiger partial charge in [-0.2, -0.15) is 0 Å². The van der Waals surface area contributed by atoms with Gasteiger partial charge in [-0.3, -0.25) is 14.5 Å². The quantitative estimate of drug-likeness (QED) is 0.801. The molecule has 1 aliphatic rings. The van der Waals surface area contributed by atoms with E-state index in [1.165, 1.54) is 6.07 Å². The molecule has 1 N–H and O–H groups in total.